The normalized spacial score (nSPS) is 24.9. The number of nitrogens with one attached hydrogen (secondary N) is 1. The fourth-order valence-corrected chi connectivity index (χ4v) is 1.89. The molecule has 1 amide bonds. The zero-order chi connectivity index (χ0) is 11.2. The van der Waals surface area contributed by atoms with E-state index < -0.39 is 22.5 Å². The van der Waals surface area contributed by atoms with E-state index >= 15 is 0 Å². The van der Waals surface area contributed by atoms with Gasteiger partial charge in [-0.1, -0.05) is 11.6 Å². The molecule has 0 aromatic rings. The van der Waals surface area contributed by atoms with E-state index in [0.29, 0.717) is 0 Å². The van der Waals surface area contributed by atoms with Gasteiger partial charge in [0, 0.05) is 11.1 Å². The van der Waals surface area contributed by atoms with Crippen LogP contribution in [0.1, 0.15) is 6.42 Å². The second-order valence-electron chi connectivity index (χ2n) is 3.22. The van der Waals surface area contributed by atoms with Crippen LogP contribution in [0.3, 0.4) is 0 Å². The monoisotopic (exact) mass is 228 g/mol. The molecule has 0 radical (unpaired) electrons. The lowest BCUT2D eigenvalue weighted by atomic mass is 9.94. The molecule has 0 aromatic carbocycles. The molecular weight excluding hydrogens is 224 g/mol. The SMILES string of the molecule is O=C1NC2=C([N+](=O)[O-])C=C(Cl)CC2C1=O. The number of allylic oxidation sites excluding steroid dienone is 3. The number of hydrogen-bond donors (Lipinski definition) is 1. The Kier molecular flexibility index (Phi) is 2.08. The Labute approximate surface area is 88.7 Å². The maximum atomic E-state index is 11.3. The number of carbonyl (C=O) groups is 2. The van der Waals surface area contributed by atoms with Crippen molar-refractivity contribution in [2.75, 3.05) is 0 Å². The van der Waals surface area contributed by atoms with Crippen LogP contribution < -0.4 is 5.32 Å². The van der Waals surface area contributed by atoms with Gasteiger partial charge in [-0.25, -0.2) is 0 Å². The van der Waals surface area contributed by atoms with Crippen molar-refractivity contribution in [2.24, 2.45) is 5.92 Å². The van der Waals surface area contributed by atoms with Crippen molar-refractivity contribution < 1.29 is 14.5 Å². The van der Waals surface area contributed by atoms with E-state index in [2.05, 4.69) is 5.32 Å². The molecule has 15 heavy (non-hydrogen) atoms. The Hall–Kier alpha value is -1.69. The van der Waals surface area contributed by atoms with E-state index in [1.54, 1.807) is 0 Å². The molecule has 1 saturated heterocycles. The van der Waals surface area contributed by atoms with Crippen LogP contribution in [-0.2, 0) is 9.59 Å². The summed E-state index contributed by atoms with van der Waals surface area (Å²) in [7, 11) is 0. The molecule has 1 aliphatic heterocycles. The van der Waals surface area contributed by atoms with Crippen molar-refractivity contribution in [3.8, 4) is 0 Å². The van der Waals surface area contributed by atoms with E-state index in [9.17, 15) is 19.7 Å². The van der Waals surface area contributed by atoms with Gasteiger partial charge in [-0.05, 0) is 6.42 Å². The molecule has 1 unspecified atom stereocenters. The second kappa shape index (κ2) is 3.16. The van der Waals surface area contributed by atoms with Crippen molar-refractivity contribution in [2.45, 2.75) is 6.42 Å². The summed E-state index contributed by atoms with van der Waals surface area (Å²) in [5.74, 6) is -2.29. The van der Waals surface area contributed by atoms with Crippen LogP contribution in [0.15, 0.2) is 22.5 Å². The summed E-state index contributed by atoms with van der Waals surface area (Å²) in [5, 5.41) is 13.1. The first-order chi connectivity index (χ1) is 7.00. The van der Waals surface area contributed by atoms with Crippen molar-refractivity contribution in [3.05, 3.63) is 32.6 Å². The smallest absolute Gasteiger partial charge is 0.292 e. The summed E-state index contributed by atoms with van der Waals surface area (Å²) in [6, 6.07) is 0. The highest BCUT2D eigenvalue weighted by atomic mass is 35.5. The predicted molar refractivity (Wildman–Crippen MR) is 49.2 cm³/mol. The zero-order valence-corrected chi connectivity index (χ0v) is 8.08. The minimum absolute atomic E-state index is 0.0550. The standard InChI is InChI=1S/C8H5ClN2O4/c9-3-1-4-6(5(2-3)11(14)15)10-8(13)7(4)12/h2,4H,1H2,(H,10,13). The molecule has 1 aliphatic carbocycles. The molecule has 1 N–H and O–H groups in total. The van der Waals surface area contributed by atoms with Crippen LogP contribution in [0.2, 0.25) is 0 Å². The maximum absolute atomic E-state index is 11.3. The third-order valence-electron chi connectivity index (χ3n) is 2.30. The molecule has 78 valence electrons. The average Bonchev–Trinajstić information content (AvgIpc) is 2.43. The van der Waals surface area contributed by atoms with Crippen LogP contribution in [0.25, 0.3) is 0 Å². The van der Waals surface area contributed by atoms with Crippen LogP contribution in [0.4, 0.5) is 0 Å². The van der Waals surface area contributed by atoms with E-state index in [0.717, 1.165) is 6.08 Å². The van der Waals surface area contributed by atoms with E-state index in [4.69, 9.17) is 11.6 Å². The van der Waals surface area contributed by atoms with Crippen LogP contribution in [0.5, 0.6) is 0 Å². The number of Topliss-reactive ketones (excluding diaryl/α,β-unsaturated/α-hetero) is 1. The second-order valence-corrected chi connectivity index (χ2v) is 3.71. The van der Waals surface area contributed by atoms with Gasteiger partial charge in [0.1, 0.15) is 5.70 Å². The Morgan fingerprint density at radius 2 is 2.20 bits per heavy atom. The van der Waals surface area contributed by atoms with Gasteiger partial charge in [-0.2, -0.15) is 0 Å². The van der Waals surface area contributed by atoms with Gasteiger partial charge in [0.05, 0.1) is 10.8 Å². The third-order valence-corrected chi connectivity index (χ3v) is 2.57. The molecule has 6 nitrogen and oxygen atoms in total. The minimum atomic E-state index is -0.811. The number of fused-ring (bicyclic) bond motifs is 1. The number of hydrogen-bond acceptors (Lipinski definition) is 4. The molecule has 2 aliphatic rings. The summed E-state index contributed by atoms with van der Waals surface area (Å²) in [4.78, 5) is 32.3. The fraction of sp³-hybridized carbons (Fsp3) is 0.250. The van der Waals surface area contributed by atoms with E-state index in [-0.39, 0.29) is 22.8 Å². The lowest BCUT2D eigenvalue weighted by Gasteiger charge is -2.12. The number of amides is 1. The van der Waals surface area contributed by atoms with Crippen molar-refractivity contribution in [1.29, 1.82) is 0 Å². The van der Waals surface area contributed by atoms with Gasteiger partial charge in [0.2, 0.25) is 5.78 Å². The number of nitrogens with zero attached hydrogens (tertiary/aromatic N) is 1. The lowest BCUT2D eigenvalue weighted by molar-refractivity contribution is -0.421. The summed E-state index contributed by atoms with van der Waals surface area (Å²) >= 11 is 5.67. The minimum Gasteiger partial charge on any atom is -0.316 e. The van der Waals surface area contributed by atoms with Gasteiger partial charge in [0.25, 0.3) is 11.6 Å². The van der Waals surface area contributed by atoms with Gasteiger partial charge in [-0.3, -0.25) is 19.7 Å². The predicted octanol–water partition coefficient (Wildman–Crippen LogP) is 0.316. The van der Waals surface area contributed by atoms with Crippen LogP contribution in [0, 0.1) is 16.0 Å². The average molecular weight is 229 g/mol. The molecular formula is C8H5ClN2O4. The number of ketones is 1. The third kappa shape index (κ3) is 1.42. The Morgan fingerprint density at radius 1 is 1.53 bits per heavy atom. The van der Waals surface area contributed by atoms with Gasteiger partial charge >= 0.3 is 0 Å². The summed E-state index contributed by atoms with van der Waals surface area (Å²) < 4.78 is 0. The first-order valence-electron chi connectivity index (χ1n) is 4.10. The van der Waals surface area contributed by atoms with E-state index in [1.165, 1.54) is 0 Å². The van der Waals surface area contributed by atoms with Gasteiger partial charge < -0.3 is 5.32 Å². The molecule has 0 aromatic heterocycles. The maximum Gasteiger partial charge on any atom is 0.292 e. The highest BCUT2D eigenvalue weighted by molar-refractivity contribution is 6.41. The molecule has 7 heteroatoms. The first kappa shape index (κ1) is 9.85. The zero-order valence-electron chi connectivity index (χ0n) is 7.32. The lowest BCUT2D eigenvalue weighted by Crippen LogP contribution is -2.19. The van der Waals surface area contributed by atoms with Crippen molar-refractivity contribution >= 4 is 23.3 Å². The first-order valence-corrected chi connectivity index (χ1v) is 4.48. The molecule has 1 heterocycles. The molecule has 1 fully saturated rings. The highest BCUT2D eigenvalue weighted by Crippen LogP contribution is 2.33. The quantitative estimate of drug-likeness (QED) is 0.398. The van der Waals surface area contributed by atoms with Gasteiger partial charge in [-0.15, -0.1) is 0 Å². The highest BCUT2D eigenvalue weighted by Gasteiger charge is 2.44. The number of rotatable bonds is 1. The largest absolute Gasteiger partial charge is 0.316 e. The fourth-order valence-electron chi connectivity index (χ4n) is 1.63. The number of nitro groups is 1. The Balaban J connectivity index is 2.53. The van der Waals surface area contributed by atoms with Crippen molar-refractivity contribution in [3.63, 3.8) is 0 Å². The van der Waals surface area contributed by atoms with Crippen LogP contribution >= 0.6 is 11.6 Å². The Bertz CT molecular complexity index is 452. The summed E-state index contributed by atoms with van der Waals surface area (Å²) in [5.41, 5.74) is -0.255. The van der Waals surface area contributed by atoms with Crippen molar-refractivity contribution in [1.82, 2.24) is 5.32 Å². The summed E-state index contributed by atoms with van der Waals surface area (Å²) in [6.45, 7) is 0. The Morgan fingerprint density at radius 3 is 2.80 bits per heavy atom. The molecule has 0 spiro atoms. The molecule has 0 saturated carbocycles. The van der Waals surface area contributed by atoms with Gasteiger partial charge in [0.15, 0.2) is 0 Å². The van der Waals surface area contributed by atoms with Crippen LogP contribution in [-0.4, -0.2) is 16.6 Å². The summed E-state index contributed by atoms with van der Waals surface area (Å²) in [6.07, 6.45) is 1.30. The topological polar surface area (TPSA) is 89.3 Å². The molecule has 1 atom stereocenters. The molecule has 2 rings (SSSR count). The molecule has 0 bridgehead atoms. The number of halogens is 1. The van der Waals surface area contributed by atoms with E-state index in [1.807, 2.05) is 0 Å². The number of carbonyl (C=O) groups excluding carboxylic acids is 2.